The molecule has 1 unspecified atom stereocenters. The van der Waals surface area contributed by atoms with E-state index in [1.165, 1.54) is 21.1 Å². The summed E-state index contributed by atoms with van der Waals surface area (Å²) in [4.78, 5) is 27.0. The van der Waals surface area contributed by atoms with Crippen LogP contribution < -0.4 is 19.7 Å². The number of hydrogen-bond acceptors (Lipinski definition) is 6. The topological polar surface area (TPSA) is 77.1 Å². The minimum Gasteiger partial charge on any atom is -0.497 e. The maximum Gasteiger partial charge on any atom is 0.338 e. The molecule has 0 aliphatic rings. The van der Waals surface area contributed by atoms with Crippen molar-refractivity contribution in [2.45, 2.75) is 26.9 Å². The molecule has 7 heteroatoms. The average Bonchev–Trinajstić information content (AvgIpc) is 2.74. The van der Waals surface area contributed by atoms with Crippen LogP contribution in [0.5, 0.6) is 11.5 Å². The highest BCUT2D eigenvalue weighted by Gasteiger charge is 2.20. The third-order valence-electron chi connectivity index (χ3n) is 4.55. The van der Waals surface area contributed by atoms with Crippen LogP contribution in [0.4, 0.5) is 11.4 Å². The number of nitrogens with one attached hydrogen (secondary N) is 1. The number of carbonyl (C=O) groups excluding carboxylic acids is 2. The number of amides is 1. The van der Waals surface area contributed by atoms with E-state index in [9.17, 15) is 9.59 Å². The van der Waals surface area contributed by atoms with Gasteiger partial charge in [-0.25, -0.2) is 4.79 Å². The van der Waals surface area contributed by atoms with E-state index in [0.29, 0.717) is 22.7 Å². The molecule has 1 atom stereocenters. The van der Waals surface area contributed by atoms with E-state index in [1.807, 2.05) is 12.1 Å². The first-order chi connectivity index (χ1) is 13.9. The van der Waals surface area contributed by atoms with Crippen LogP contribution in [0, 0.1) is 0 Å². The van der Waals surface area contributed by atoms with Crippen molar-refractivity contribution in [2.24, 2.45) is 0 Å². The van der Waals surface area contributed by atoms with Crippen LogP contribution in [-0.2, 0) is 9.53 Å². The van der Waals surface area contributed by atoms with Gasteiger partial charge in [-0.15, -0.1) is 0 Å². The smallest absolute Gasteiger partial charge is 0.338 e. The lowest BCUT2D eigenvalue weighted by molar-refractivity contribution is -0.123. The Hall–Kier alpha value is -3.22. The van der Waals surface area contributed by atoms with Crippen molar-refractivity contribution >= 4 is 23.3 Å². The van der Waals surface area contributed by atoms with Gasteiger partial charge in [-0.2, -0.15) is 0 Å². The number of rotatable bonds is 9. The largest absolute Gasteiger partial charge is 0.497 e. The maximum absolute atomic E-state index is 12.5. The highest BCUT2D eigenvalue weighted by molar-refractivity contribution is 5.98. The minimum atomic E-state index is -0.985. The summed E-state index contributed by atoms with van der Waals surface area (Å²) in [6.45, 7) is 7.42. The van der Waals surface area contributed by atoms with Gasteiger partial charge in [0.2, 0.25) is 0 Å². The van der Waals surface area contributed by atoms with Crippen molar-refractivity contribution in [1.29, 1.82) is 0 Å². The molecule has 2 aromatic rings. The summed E-state index contributed by atoms with van der Waals surface area (Å²) < 4.78 is 15.7. The van der Waals surface area contributed by atoms with Crippen LogP contribution in [0.25, 0.3) is 0 Å². The minimum absolute atomic E-state index is 0.388. The normalized spacial score (nSPS) is 11.3. The number of hydrogen-bond donors (Lipinski definition) is 1. The van der Waals surface area contributed by atoms with Gasteiger partial charge >= 0.3 is 5.97 Å². The third-order valence-corrected chi connectivity index (χ3v) is 4.55. The second kappa shape index (κ2) is 10.4. The van der Waals surface area contributed by atoms with E-state index >= 15 is 0 Å². The summed E-state index contributed by atoms with van der Waals surface area (Å²) >= 11 is 0. The molecule has 2 rings (SSSR count). The summed E-state index contributed by atoms with van der Waals surface area (Å²) in [5.41, 5.74) is 1.85. The molecule has 0 aliphatic carbocycles. The van der Waals surface area contributed by atoms with Crippen molar-refractivity contribution < 1.29 is 23.8 Å². The van der Waals surface area contributed by atoms with Crippen LogP contribution in [0.2, 0.25) is 0 Å². The summed E-state index contributed by atoms with van der Waals surface area (Å²) in [7, 11) is 3.03. The van der Waals surface area contributed by atoms with Gasteiger partial charge in [-0.1, -0.05) is 0 Å². The van der Waals surface area contributed by atoms with Gasteiger partial charge in [0, 0.05) is 24.8 Å². The van der Waals surface area contributed by atoms with E-state index in [1.54, 1.807) is 30.3 Å². The number of anilines is 2. The van der Waals surface area contributed by atoms with E-state index in [4.69, 9.17) is 14.2 Å². The first-order valence-electron chi connectivity index (χ1n) is 9.52. The summed E-state index contributed by atoms with van der Waals surface area (Å²) in [5, 5.41) is 2.70. The predicted octanol–water partition coefficient (Wildman–Crippen LogP) is 3.73. The molecular formula is C22H28N2O5. The van der Waals surface area contributed by atoms with Crippen molar-refractivity contribution in [3.63, 3.8) is 0 Å². The van der Waals surface area contributed by atoms with Crippen molar-refractivity contribution in [3.05, 3.63) is 48.0 Å². The molecule has 0 bridgehead atoms. The molecule has 0 saturated carbocycles. The number of nitrogens with zero attached hydrogens (tertiary/aromatic N) is 1. The quantitative estimate of drug-likeness (QED) is 0.646. The highest BCUT2D eigenvalue weighted by Crippen LogP contribution is 2.29. The van der Waals surface area contributed by atoms with E-state index in [-0.39, 0.29) is 0 Å². The first kappa shape index (κ1) is 22.1. The number of benzene rings is 2. The molecule has 0 radical (unpaired) electrons. The molecule has 1 N–H and O–H groups in total. The van der Waals surface area contributed by atoms with Crippen molar-refractivity contribution in [3.8, 4) is 11.5 Å². The zero-order chi connectivity index (χ0) is 21.4. The monoisotopic (exact) mass is 400 g/mol. The van der Waals surface area contributed by atoms with Gasteiger partial charge < -0.3 is 24.4 Å². The molecule has 156 valence electrons. The fourth-order valence-corrected chi connectivity index (χ4v) is 2.83. The molecule has 7 nitrogen and oxygen atoms in total. The van der Waals surface area contributed by atoms with Crippen molar-refractivity contribution in [1.82, 2.24) is 0 Å². The lowest BCUT2D eigenvalue weighted by Crippen LogP contribution is -2.30. The Morgan fingerprint density at radius 3 is 2.21 bits per heavy atom. The number of esters is 1. The molecule has 29 heavy (non-hydrogen) atoms. The van der Waals surface area contributed by atoms with Crippen LogP contribution in [-0.4, -0.2) is 45.3 Å². The summed E-state index contributed by atoms with van der Waals surface area (Å²) in [5.74, 6) is 0.0183. The van der Waals surface area contributed by atoms with Gasteiger partial charge in [-0.3, -0.25) is 4.79 Å². The zero-order valence-electron chi connectivity index (χ0n) is 17.5. The molecular weight excluding hydrogens is 372 g/mol. The van der Waals surface area contributed by atoms with Gasteiger partial charge in [0.1, 0.15) is 11.5 Å². The predicted molar refractivity (Wildman–Crippen MR) is 113 cm³/mol. The molecule has 0 aromatic heterocycles. The molecule has 0 aliphatic heterocycles. The summed E-state index contributed by atoms with van der Waals surface area (Å²) in [6, 6.07) is 12.2. The molecule has 0 saturated heterocycles. The van der Waals surface area contributed by atoms with Crippen LogP contribution in [0.3, 0.4) is 0 Å². The SMILES string of the molecule is CCN(CC)c1ccc(C(=O)OC(C)C(=O)Nc2cc(OC)ccc2OC)cc1. The molecule has 0 heterocycles. The van der Waals surface area contributed by atoms with Gasteiger partial charge in [-0.05, 0) is 57.2 Å². The van der Waals surface area contributed by atoms with Crippen molar-refractivity contribution in [2.75, 3.05) is 37.5 Å². The Morgan fingerprint density at radius 1 is 1.00 bits per heavy atom. The van der Waals surface area contributed by atoms with Gasteiger partial charge in [0.25, 0.3) is 5.91 Å². The average molecular weight is 400 g/mol. The molecule has 0 fully saturated rings. The Balaban J connectivity index is 2.03. The van der Waals surface area contributed by atoms with Gasteiger partial charge in [0.15, 0.2) is 6.10 Å². The maximum atomic E-state index is 12.5. The van der Waals surface area contributed by atoms with E-state index in [2.05, 4.69) is 24.1 Å². The second-order valence-electron chi connectivity index (χ2n) is 6.32. The fourth-order valence-electron chi connectivity index (χ4n) is 2.83. The lowest BCUT2D eigenvalue weighted by Gasteiger charge is -2.21. The zero-order valence-corrected chi connectivity index (χ0v) is 17.5. The molecule has 0 spiro atoms. The van der Waals surface area contributed by atoms with Crippen LogP contribution in [0.15, 0.2) is 42.5 Å². The number of carbonyl (C=O) groups is 2. The van der Waals surface area contributed by atoms with E-state index in [0.717, 1.165) is 18.8 Å². The Morgan fingerprint density at radius 2 is 1.66 bits per heavy atom. The summed E-state index contributed by atoms with van der Waals surface area (Å²) in [6.07, 6.45) is -0.985. The Bertz CT molecular complexity index is 832. The van der Waals surface area contributed by atoms with Crippen LogP contribution in [0.1, 0.15) is 31.1 Å². The van der Waals surface area contributed by atoms with Crippen LogP contribution >= 0.6 is 0 Å². The Kier molecular flexibility index (Phi) is 7.88. The second-order valence-corrected chi connectivity index (χ2v) is 6.32. The fraction of sp³-hybridized carbons (Fsp3) is 0.364. The van der Waals surface area contributed by atoms with Gasteiger partial charge in [0.05, 0.1) is 25.5 Å². The van der Waals surface area contributed by atoms with E-state index < -0.39 is 18.0 Å². The first-order valence-corrected chi connectivity index (χ1v) is 9.52. The standard InChI is InChI=1S/C22H28N2O5/c1-6-24(7-2)17-10-8-16(9-11-17)22(26)29-15(3)21(25)23-19-14-18(27-4)12-13-20(19)28-5/h8-15H,6-7H2,1-5H3,(H,23,25). The lowest BCUT2D eigenvalue weighted by atomic mass is 10.2. The molecule has 1 amide bonds. The highest BCUT2D eigenvalue weighted by atomic mass is 16.5. The number of ether oxygens (including phenoxy) is 3. The Labute approximate surface area is 171 Å². The third kappa shape index (κ3) is 5.63. The number of methoxy groups -OCH3 is 2. The molecule has 2 aromatic carbocycles.